The van der Waals surface area contributed by atoms with Crippen LogP contribution in [0.4, 0.5) is 5.69 Å². The molecule has 1 N–H and O–H groups in total. The van der Waals surface area contributed by atoms with E-state index in [-0.39, 0.29) is 11.5 Å². The molecule has 1 saturated heterocycles. The Morgan fingerprint density at radius 2 is 1.74 bits per heavy atom. The van der Waals surface area contributed by atoms with Gasteiger partial charge in [-0.1, -0.05) is 24.6 Å². The second-order valence-electron chi connectivity index (χ2n) is 10.1. The van der Waals surface area contributed by atoms with Gasteiger partial charge in [0.25, 0.3) is 5.91 Å². The molecule has 2 fully saturated rings. The number of aryl methyl sites for hydroxylation is 1. The number of nitrogens with zero attached hydrogens (tertiary/aromatic N) is 2. The number of furan rings is 1. The van der Waals surface area contributed by atoms with Crippen LogP contribution in [0.2, 0.25) is 0 Å². The van der Waals surface area contributed by atoms with Crippen LogP contribution in [-0.2, 0) is 0 Å². The fourth-order valence-electron chi connectivity index (χ4n) is 6.16. The zero-order valence-electron chi connectivity index (χ0n) is 19.8. The van der Waals surface area contributed by atoms with Gasteiger partial charge >= 0.3 is 0 Å². The Bertz CT molecular complexity index is 1200. The van der Waals surface area contributed by atoms with Gasteiger partial charge in [0, 0.05) is 54.8 Å². The molecule has 1 saturated carbocycles. The molecule has 1 aliphatic carbocycles. The fraction of sp³-hybridized carbons (Fsp3) is 0.464. The molecule has 1 atom stereocenters. The van der Waals surface area contributed by atoms with E-state index in [4.69, 9.17) is 9.15 Å². The van der Waals surface area contributed by atoms with E-state index in [1.165, 1.54) is 12.1 Å². The average Bonchev–Trinajstić information content (AvgIpc) is 3.21. The topological polar surface area (TPSA) is 66.2 Å². The summed E-state index contributed by atoms with van der Waals surface area (Å²) in [6.45, 7) is 4.81. The van der Waals surface area contributed by atoms with Crippen LogP contribution < -0.4 is 9.64 Å². The monoisotopic (exact) mass is 460 g/mol. The number of amides is 1. The summed E-state index contributed by atoms with van der Waals surface area (Å²) in [4.78, 5) is 17.6. The van der Waals surface area contributed by atoms with Crippen LogP contribution in [0.3, 0.4) is 0 Å². The second kappa shape index (κ2) is 8.35. The third-order valence-electron chi connectivity index (χ3n) is 7.97. The molecule has 6 nitrogen and oxygen atoms in total. The van der Waals surface area contributed by atoms with Gasteiger partial charge in [-0.3, -0.25) is 4.79 Å². The summed E-state index contributed by atoms with van der Waals surface area (Å²) in [5.74, 6) is 1.04. The Hall–Kier alpha value is -2.99. The van der Waals surface area contributed by atoms with E-state index in [0.717, 1.165) is 61.0 Å². The maximum atomic E-state index is 13.4. The summed E-state index contributed by atoms with van der Waals surface area (Å²) in [6, 6.07) is 14.1. The van der Waals surface area contributed by atoms with Gasteiger partial charge in [-0.05, 0) is 56.9 Å². The van der Waals surface area contributed by atoms with Gasteiger partial charge < -0.3 is 24.1 Å². The highest BCUT2D eigenvalue weighted by atomic mass is 16.5. The number of fused-ring (bicyclic) bond motifs is 3. The largest absolute Gasteiger partial charge is 0.487 e. The molecule has 3 heterocycles. The summed E-state index contributed by atoms with van der Waals surface area (Å²) in [7, 11) is 0. The molecular formula is C28H32N2O4. The van der Waals surface area contributed by atoms with Crippen molar-refractivity contribution >= 4 is 22.6 Å². The zero-order valence-corrected chi connectivity index (χ0v) is 19.8. The van der Waals surface area contributed by atoms with Crippen molar-refractivity contribution in [3.8, 4) is 5.75 Å². The maximum Gasteiger partial charge on any atom is 0.290 e. The number of hydrogen-bond donors (Lipinski definition) is 1. The molecule has 1 unspecified atom stereocenters. The molecule has 178 valence electrons. The van der Waals surface area contributed by atoms with Gasteiger partial charge in [-0.2, -0.15) is 0 Å². The van der Waals surface area contributed by atoms with E-state index in [9.17, 15) is 9.90 Å². The first-order chi connectivity index (χ1) is 16.5. The van der Waals surface area contributed by atoms with E-state index in [1.54, 1.807) is 0 Å². The van der Waals surface area contributed by atoms with Gasteiger partial charge in [-0.15, -0.1) is 0 Å². The number of piperazine rings is 1. The number of aliphatic hydroxyl groups is 1. The number of carbonyl (C=O) groups excluding carboxylic acids is 1. The number of hydrogen-bond acceptors (Lipinski definition) is 5. The van der Waals surface area contributed by atoms with Crippen molar-refractivity contribution in [2.75, 3.05) is 31.1 Å². The summed E-state index contributed by atoms with van der Waals surface area (Å²) < 4.78 is 12.6. The maximum absolute atomic E-state index is 13.4. The van der Waals surface area contributed by atoms with Crippen molar-refractivity contribution in [1.82, 2.24) is 4.90 Å². The predicted octanol–water partition coefficient (Wildman–Crippen LogP) is 5.22. The lowest BCUT2D eigenvalue weighted by molar-refractivity contribution is -0.0373. The molecule has 3 aromatic rings. The molecule has 0 bridgehead atoms. The summed E-state index contributed by atoms with van der Waals surface area (Å²) in [5, 5.41) is 12.0. The van der Waals surface area contributed by atoms with Crippen LogP contribution in [0.15, 0.2) is 46.9 Å². The number of benzene rings is 2. The van der Waals surface area contributed by atoms with Crippen molar-refractivity contribution in [1.29, 1.82) is 0 Å². The Morgan fingerprint density at radius 3 is 2.47 bits per heavy atom. The lowest BCUT2D eigenvalue weighted by Crippen LogP contribution is -2.48. The van der Waals surface area contributed by atoms with Crippen LogP contribution in [0.1, 0.15) is 66.3 Å². The number of rotatable bonds is 2. The summed E-state index contributed by atoms with van der Waals surface area (Å²) >= 11 is 0. The van der Waals surface area contributed by atoms with Crippen molar-refractivity contribution in [2.24, 2.45) is 0 Å². The molecule has 1 spiro atoms. The predicted molar refractivity (Wildman–Crippen MR) is 132 cm³/mol. The van der Waals surface area contributed by atoms with Crippen molar-refractivity contribution in [3.05, 3.63) is 59.4 Å². The fourth-order valence-corrected chi connectivity index (χ4v) is 6.16. The number of ether oxygens (including phenoxy) is 1. The minimum atomic E-state index is -0.612. The highest BCUT2D eigenvalue weighted by Crippen LogP contribution is 2.49. The number of carbonyl (C=O) groups is 1. The van der Waals surface area contributed by atoms with E-state index in [2.05, 4.69) is 17.0 Å². The van der Waals surface area contributed by atoms with Crippen LogP contribution in [0.5, 0.6) is 5.75 Å². The van der Waals surface area contributed by atoms with Gasteiger partial charge in [0.05, 0.1) is 6.10 Å². The first-order valence-electron chi connectivity index (χ1n) is 12.6. The minimum Gasteiger partial charge on any atom is -0.487 e. The van der Waals surface area contributed by atoms with Gasteiger partial charge in [0.2, 0.25) is 0 Å². The van der Waals surface area contributed by atoms with Crippen molar-refractivity contribution in [3.63, 3.8) is 0 Å². The standard InChI is InChI=1S/C28H32N2O4/c1-19-24-22(10-11-23-25(24)21(31)18-28(34-23)12-6-3-7-13-28)33-26(19)27(32)30-16-14-29(15-17-30)20-8-4-2-5-9-20/h2,4-5,8-11,21,31H,3,6-7,12-18H2,1H3. The molecule has 1 amide bonds. The quantitative estimate of drug-likeness (QED) is 0.568. The number of aliphatic hydroxyl groups excluding tert-OH is 1. The summed E-state index contributed by atoms with van der Waals surface area (Å²) in [6.07, 6.45) is 5.50. The van der Waals surface area contributed by atoms with Gasteiger partial charge in [0.15, 0.2) is 5.76 Å². The Kier molecular flexibility index (Phi) is 5.29. The number of anilines is 1. The third-order valence-corrected chi connectivity index (χ3v) is 7.97. The zero-order chi connectivity index (χ0) is 23.3. The first-order valence-corrected chi connectivity index (χ1v) is 12.6. The van der Waals surface area contributed by atoms with Crippen LogP contribution in [-0.4, -0.2) is 47.7 Å². The lowest BCUT2D eigenvalue weighted by Gasteiger charge is -2.43. The molecule has 2 aliphatic heterocycles. The average molecular weight is 461 g/mol. The van der Waals surface area contributed by atoms with E-state index >= 15 is 0 Å². The molecule has 0 radical (unpaired) electrons. The van der Waals surface area contributed by atoms with E-state index < -0.39 is 6.10 Å². The van der Waals surface area contributed by atoms with E-state index in [0.29, 0.717) is 30.9 Å². The molecule has 2 aromatic carbocycles. The molecule has 6 heteroatoms. The highest BCUT2D eigenvalue weighted by Gasteiger charge is 2.42. The minimum absolute atomic E-state index is 0.0786. The van der Waals surface area contributed by atoms with Crippen LogP contribution >= 0.6 is 0 Å². The smallest absolute Gasteiger partial charge is 0.290 e. The SMILES string of the molecule is Cc1c(C(=O)N2CCN(c3ccccc3)CC2)oc2ccc3c(c12)C(O)CC1(CCCCC1)O3. The van der Waals surface area contributed by atoms with E-state index in [1.807, 2.05) is 42.2 Å². The highest BCUT2D eigenvalue weighted by molar-refractivity contribution is 6.00. The normalized spacial score (nSPS) is 22.0. The Morgan fingerprint density at radius 1 is 1.00 bits per heavy atom. The molecular weight excluding hydrogens is 428 g/mol. The first kappa shape index (κ1) is 21.5. The summed E-state index contributed by atoms with van der Waals surface area (Å²) in [5.41, 5.74) is 3.15. The molecule has 34 heavy (non-hydrogen) atoms. The third kappa shape index (κ3) is 3.56. The van der Waals surface area contributed by atoms with Crippen molar-refractivity contribution < 1.29 is 19.1 Å². The lowest BCUT2D eigenvalue weighted by atomic mass is 9.77. The molecule has 1 aromatic heterocycles. The molecule has 3 aliphatic rings. The van der Waals surface area contributed by atoms with Crippen LogP contribution in [0.25, 0.3) is 11.0 Å². The van der Waals surface area contributed by atoms with Gasteiger partial charge in [-0.25, -0.2) is 0 Å². The Labute approximate surface area is 200 Å². The van der Waals surface area contributed by atoms with Gasteiger partial charge in [0.1, 0.15) is 16.9 Å². The van der Waals surface area contributed by atoms with Crippen LogP contribution in [0, 0.1) is 6.92 Å². The second-order valence-corrected chi connectivity index (χ2v) is 10.1. The van der Waals surface area contributed by atoms with Crippen molar-refractivity contribution in [2.45, 2.75) is 57.2 Å². The molecule has 6 rings (SSSR count). The Balaban J connectivity index is 1.26. The number of para-hydroxylation sites is 1.